The van der Waals surface area contributed by atoms with Crippen LogP contribution in [-0.4, -0.2) is 30.3 Å². The highest BCUT2D eigenvalue weighted by Crippen LogP contribution is 2.41. The molecule has 0 aliphatic carbocycles. The van der Waals surface area contributed by atoms with Gasteiger partial charge in [-0.15, -0.1) is 0 Å². The zero-order valence-electron chi connectivity index (χ0n) is 18.5. The van der Waals surface area contributed by atoms with E-state index >= 15 is 0 Å². The SMILES string of the molecule is COc1ccc2c(c1)[C@H](NC(=S)Nc1ccc(C)c(N3CCCC3=O)c1)CC(C)(C)O2. The van der Waals surface area contributed by atoms with Crippen molar-refractivity contribution in [2.45, 2.75) is 51.7 Å². The van der Waals surface area contributed by atoms with Crippen molar-refractivity contribution in [2.24, 2.45) is 0 Å². The molecule has 0 saturated carbocycles. The van der Waals surface area contributed by atoms with Gasteiger partial charge in [0, 0.05) is 36.3 Å². The minimum Gasteiger partial charge on any atom is -0.497 e. The molecular weight excluding hydrogens is 410 g/mol. The Labute approximate surface area is 188 Å². The summed E-state index contributed by atoms with van der Waals surface area (Å²) in [6.07, 6.45) is 2.27. The van der Waals surface area contributed by atoms with Gasteiger partial charge in [0.1, 0.15) is 17.1 Å². The lowest BCUT2D eigenvalue weighted by molar-refractivity contribution is -0.117. The number of ether oxygens (including phenoxy) is 2. The van der Waals surface area contributed by atoms with Crippen molar-refractivity contribution in [3.05, 3.63) is 47.5 Å². The molecule has 4 rings (SSSR count). The monoisotopic (exact) mass is 439 g/mol. The predicted octanol–water partition coefficient (Wildman–Crippen LogP) is 4.72. The second kappa shape index (κ2) is 8.38. The third-order valence-corrected chi connectivity index (χ3v) is 6.03. The molecule has 1 amide bonds. The lowest BCUT2D eigenvalue weighted by atomic mass is 9.89. The molecule has 0 spiro atoms. The molecule has 7 heteroatoms. The van der Waals surface area contributed by atoms with Gasteiger partial charge in [0.25, 0.3) is 0 Å². The number of fused-ring (bicyclic) bond motifs is 1. The number of nitrogens with zero attached hydrogens (tertiary/aromatic N) is 1. The molecule has 0 bridgehead atoms. The molecular formula is C24H29N3O3S. The maximum Gasteiger partial charge on any atom is 0.227 e. The van der Waals surface area contributed by atoms with Gasteiger partial charge in [-0.25, -0.2) is 0 Å². The number of benzene rings is 2. The Morgan fingerprint density at radius 1 is 1.26 bits per heavy atom. The molecule has 6 nitrogen and oxygen atoms in total. The van der Waals surface area contributed by atoms with Gasteiger partial charge >= 0.3 is 0 Å². The number of amides is 1. The molecule has 2 aliphatic heterocycles. The van der Waals surface area contributed by atoms with Gasteiger partial charge < -0.3 is 25.0 Å². The van der Waals surface area contributed by atoms with E-state index in [1.165, 1.54) is 0 Å². The van der Waals surface area contributed by atoms with Crippen LogP contribution in [0.15, 0.2) is 36.4 Å². The third-order valence-electron chi connectivity index (χ3n) is 5.81. The van der Waals surface area contributed by atoms with Gasteiger partial charge in [-0.2, -0.15) is 0 Å². The fourth-order valence-corrected chi connectivity index (χ4v) is 4.55. The molecule has 31 heavy (non-hydrogen) atoms. The van der Waals surface area contributed by atoms with Crippen molar-refractivity contribution < 1.29 is 14.3 Å². The summed E-state index contributed by atoms with van der Waals surface area (Å²) in [5, 5.41) is 7.27. The Morgan fingerprint density at radius 2 is 2.06 bits per heavy atom. The van der Waals surface area contributed by atoms with E-state index in [-0.39, 0.29) is 17.6 Å². The number of hydrogen-bond acceptors (Lipinski definition) is 4. The van der Waals surface area contributed by atoms with Crippen LogP contribution in [0.3, 0.4) is 0 Å². The molecule has 2 aliphatic rings. The summed E-state index contributed by atoms with van der Waals surface area (Å²) in [5.41, 5.74) is 3.58. The molecule has 1 atom stereocenters. The number of carbonyl (C=O) groups is 1. The predicted molar refractivity (Wildman–Crippen MR) is 127 cm³/mol. The van der Waals surface area contributed by atoms with E-state index in [0.29, 0.717) is 11.5 Å². The second-order valence-electron chi connectivity index (χ2n) is 8.77. The topological polar surface area (TPSA) is 62.8 Å². The fourth-order valence-electron chi connectivity index (χ4n) is 4.29. The minimum atomic E-state index is -0.317. The van der Waals surface area contributed by atoms with Crippen LogP contribution in [0.4, 0.5) is 11.4 Å². The number of carbonyl (C=O) groups excluding carboxylic acids is 1. The van der Waals surface area contributed by atoms with Crippen molar-refractivity contribution in [3.8, 4) is 11.5 Å². The zero-order valence-corrected chi connectivity index (χ0v) is 19.3. The maximum absolute atomic E-state index is 12.2. The number of nitrogens with one attached hydrogen (secondary N) is 2. The summed E-state index contributed by atoms with van der Waals surface area (Å²) in [6, 6.07) is 11.8. The highest BCUT2D eigenvalue weighted by molar-refractivity contribution is 7.80. The second-order valence-corrected chi connectivity index (χ2v) is 9.18. The lowest BCUT2D eigenvalue weighted by Crippen LogP contribution is -2.42. The molecule has 0 radical (unpaired) electrons. The molecule has 0 unspecified atom stereocenters. The average molecular weight is 440 g/mol. The van der Waals surface area contributed by atoms with Gasteiger partial charge in [0.05, 0.1) is 13.2 Å². The van der Waals surface area contributed by atoms with E-state index in [1.807, 2.05) is 48.2 Å². The van der Waals surface area contributed by atoms with E-state index < -0.39 is 0 Å². The first-order valence-corrected chi connectivity index (χ1v) is 11.0. The van der Waals surface area contributed by atoms with Crippen molar-refractivity contribution >= 4 is 34.6 Å². The Kier molecular flexibility index (Phi) is 5.79. The van der Waals surface area contributed by atoms with Crippen LogP contribution < -0.4 is 25.0 Å². The third kappa shape index (κ3) is 4.61. The van der Waals surface area contributed by atoms with Crippen molar-refractivity contribution in [2.75, 3.05) is 23.9 Å². The van der Waals surface area contributed by atoms with Crippen LogP contribution in [0.5, 0.6) is 11.5 Å². The number of hydrogen-bond donors (Lipinski definition) is 2. The van der Waals surface area contributed by atoms with E-state index in [1.54, 1.807) is 7.11 Å². The lowest BCUT2D eigenvalue weighted by Gasteiger charge is -2.38. The first-order valence-electron chi connectivity index (χ1n) is 10.6. The highest BCUT2D eigenvalue weighted by atomic mass is 32.1. The van der Waals surface area contributed by atoms with E-state index in [9.17, 15) is 4.79 Å². The number of aryl methyl sites for hydroxylation is 1. The zero-order chi connectivity index (χ0) is 22.2. The van der Waals surface area contributed by atoms with Crippen LogP contribution in [0.25, 0.3) is 0 Å². The molecule has 2 N–H and O–H groups in total. The number of thiocarbonyl (C=S) groups is 1. The van der Waals surface area contributed by atoms with E-state index in [0.717, 1.165) is 53.4 Å². The molecule has 164 valence electrons. The number of anilines is 2. The largest absolute Gasteiger partial charge is 0.497 e. The molecule has 1 fully saturated rings. The van der Waals surface area contributed by atoms with Crippen molar-refractivity contribution in [1.82, 2.24) is 5.32 Å². The van der Waals surface area contributed by atoms with Gasteiger partial charge in [0.15, 0.2) is 5.11 Å². The number of methoxy groups -OCH3 is 1. The molecule has 0 aromatic heterocycles. The Balaban J connectivity index is 1.52. The molecule has 2 aromatic rings. The highest BCUT2D eigenvalue weighted by Gasteiger charge is 2.34. The Morgan fingerprint density at radius 3 is 2.77 bits per heavy atom. The minimum absolute atomic E-state index is 0.0149. The molecule has 2 aromatic carbocycles. The summed E-state index contributed by atoms with van der Waals surface area (Å²) >= 11 is 5.64. The average Bonchev–Trinajstić information content (AvgIpc) is 3.14. The summed E-state index contributed by atoms with van der Waals surface area (Å²) < 4.78 is 11.5. The summed E-state index contributed by atoms with van der Waals surface area (Å²) in [5.74, 6) is 1.80. The van der Waals surface area contributed by atoms with E-state index in [2.05, 4.69) is 24.5 Å². The van der Waals surface area contributed by atoms with Crippen LogP contribution >= 0.6 is 12.2 Å². The van der Waals surface area contributed by atoms with Gasteiger partial charge in [-0.05, 0) is 75.3 Å². The standard InChI is InChI=1S/C24H29N3O3S/c1-15-7-8-16(12-20(15)27-11-5-6-22(27)28)25-23(31)26-19-14-24(2,3)30-21-10-9-17(29-4)13-18(19)21/h7-10,12-13,19H,5-6,11,14H2,1-4H3,(H2,25,26,31)/t19-/m1/s1. The summed E-state index contributed by atoms with van der Waals surface area (Å²) in [7, 11) is 1.66. The van der Waals surface area contributed by atoms with Crippen LogP contribution in [-0.2, 0) is 4.79 Å². The molecule has 2 heterocycles. The Bertz CT molecular complexity index is 1020. The smallest absolute Gasteiger partial charge is 0.227 e. The van der Waals surface area contributed by atoms with Crippen LogP contribution in [0, 0.1) is 6.92 Å². The van der Waals surface area contributed by atoms with Gasteiger partial charge in [-0.3, -0.25) is 4.79 Å². The Hall–Kier alpha value is -2.80. The number of rotatable bonds is 4. The summed E-state index contributed by atoms with van der Waals surface area (Å²) in [6.45, 7) is 6.94. The maximum atomic E-state index is 12.2. The van der Waals surface area contributed by atoms with Gasteiger partial charge in [-0.1, -0.05) is 6.07 Å². The van der Waals surface area contributed by atoms with Crippen molar-refractivity contribution in [1.29, 1.82) is 0 Å². The normalized spacial score (nSPS) is 19.4. The first kappa shape index (κ1) is 21.4. The first-order chi connectivity index (χ1) is 14.8. The quantitative estimate of drug-likeness (QED) is 0.672. The van der Waals surface area contributed by atoms with E-state index in [4.69, 9.17) is 21.7 Å². The van der Waals surface area contributed by atoms with Crippen molar-refractivity contribution in [3.63, 3.8) is 0 Å². The molecule has 1 saturated heterocycles. The summed E-state index contributed by atoms with van der Waals surface area (Å²) in [4.78, 5) is 14.1. The van der Waals surface area contributed by atoms with Crippen LogP contribution in [0.1, 0.15) is 50.3 Å². The van der Waals surface area contributed by atoms with Crippen LogP contribution in [0.2, 0.25) is 0 Å². The van der Waals surface area contributed by atoms with Gasteiger partial charge in [0.2, 0.25) is 5.91 Å². The fraction of sp³-hybridized carbons (Fsp3) is 0.417.